The topological polar surface area (TPSA) is 50.4 Å². The minimum atomic E-state index is -0.293. The van der Waals surface area contributed by atoms with E-state index in [1.807, 2.05) is 18.2 Å². The van der Waals surface area contributed by atoms with Gasteiger partial charge in [0.2, 0.25) is 5.91 Å². The molecule has 0 aliphatic carbocycles. The molecule has 0 saturated carbocycles. The maximum Gasteiger partial charge on any atom is 0.231 e. The zero-order chi connectivity index (χ0) is 14.6. The molecular formula is C15H21BrN2O2. The number of hydrogen-bond acceptors (Lipinski definition) is 3. The van der Waals surface area contributed by atoms with Crippen molar-refractivity contribution in [3.05, 3.63) is 22.7 Å². The zero-order valence-corrected chi connectivity index (χ0v) is 13.5. The standard InChI is InChI=1S/C15H21BrN2O2/c1-3-15(7-4-8-17-10-15)14(19)18-11-5-6-12(16)13(9-11)20-2/h5-6,9,17H,3-4,7-8,10H2,1-2H3,(H,18,19). The normalized spacial score (nSPS) is 22.4. The lowest BCUT2D eigenvalue weighted by Crippen LogP contribution is -2.47. The summed E-state index contributed by atoms with van der Waals surface area (Å²) in [5, 5.41) is 6.36. The predicted molar refractivity (Wildman–Crippen MR) is 84.2 cm³/mol. The van der Waals surface area contributed by atoms with Crippen LogP contribution in [0.2, 0.25) is 0 Å². The highest BCUT2D eigenvalue weighted by Crippen LogP contribution is 2.33. The summed E-state index contributed by atoms with van der Waals surface area (Å²) < 4.78 is 6.13. The van der Waals surface area contributed by atoms with E-state index in [-0.39, 0.29) is 11.3 Å². The van der Waals surface area contributed by atoms with E-state index in [1.54, 1.807) is 7.11 Å². The van der Waals surface area contributed by atoms with Crippen molar-refractivity contribution in [2.45, 2.75) is 26.2 Å². The molecule has 0 spiro atoms. The van der Waals surface area contributed by atoms with E-state index < -0.39 is 0 Å². The fraction of sp³-hybridized carbons (Fsp3) is 0.533. The van der Waals surface area contributed by atoms with Gasteiger partial charge >= 0.3 is 0 Å². The third-order valence-electron chi connectivity index (χ3n) is 4.04. The van der Waals surface area contributed by atoms with Crippen molar-refractivity contribution in [2.24, 2.45) is 5.41 Å². The molecule has 1 aromatic carbocycles. The number of anilines is 1. The molecule has 1 unspecified atom stereocenters. The van der Waals surface area contributed by atoms with Gasteiger partial charge in [0.1, 0.15) is 5.75 Å². The van der Waals surface area contributed by atoms with E-state index in [0.29, 0.717) is 0 Å². The molecule has 1 atom stereocenters. The van der Waals surface area contributed by atoms with E-state index in [9.17, 15) is 4.79 Å². The van der Waals surface area contributed by atoms with Gasteiger partial charge < -0.3 is 15.4 Å². The number of ether oxygens (including phenoxy) is 1. The number of nitrogens with one attached hydrogen (secondary N) is 2. The third kappa shape index (κ3) is 3.15. The first-order valence-corrected chi connectivity index (χ1v) is 7.76. The van der Waals surface area contributed by atoms with E-state index >= 15 is 0 Å². The number of amides is 1. The SMILES string of the molecule is CCC1(C(=O)Nc2ccc(Br)c(OC)c2)CCCNC1. The predicted octanol–water partition coefficient (Wildman–Crippen LogP) is 3.18. The summed E-state index contributed by atoms with van der Waals surface area (Å²) >= 11 is 3.41. The summed E-state index contributed by atoms with van der Waals surface area (Å²) in [7, 11) is 1.62. The quantitative estimate of drug-likeness (QED) is 0.884. The first kappa shape index (κ1) is 15.3. The number of piperidine rings is 1. The highest BCUT2D eigenvalue weighted by Gasteiger charge is 2.37. The molecule has 110 valence electrons. The Morgan fingerprint density at radius 3 is 2.95 bits per heavy atom. The maximum absolute atomic E-state index is 12.6. The molecule has 2 N–H and O–H groups in total. The van der Waals surface area contributed by atoms with E-state index in [1.165, 1.54) is 0 Å². The molecule has 0 radical (unpaired) electrons. The third-order valence-corrected chi connectivity index (χ3v) is 4.69. The van der Waals surface area contributed by atoms with Gasteiger partial charge in [-0.3, -0.25) is 4.79 Å². The summed E-state index contributed by atoms with van der Waals surface area (Å²) in [6, 6.07) is 5.60. The molecule has 0 bridgehead atoms. The van der Waals surface area contributed by atoms with Gasteiger partial charge in [0.05, 0.1) is 17.0 Å². The first-order valence-electron chi connectivity index (χ1n) is 6.97. The van der Waals surface area contributed by atoms with Crippen LogP contribution in [-0.4, -0.2) is 26.1 Å². The van der Waals surface area contributed by atoms with Gasteiger partial charge in [-0.2, -0.15) is 0 Å². The van der Waals surface area contributed by atoms with Crippen molar-refractivity contribution in [2.75, 3.05) is 25.5 Å². The van der Waals surface area contributed by atoms with Crippen molar-refractivity contribution in [3.63, 3.8) is 0 Å². The van der Waals surface area contributed by atoms with Crippen LogP contribution in [-0.2, 0) is 4.79 Å². The molecule has 5 heteroatoms. The summed E-state index contributed by atoms with van der Waals surface area (Å²) in [4.78, 5) is 12.6. The van der Waals surface area contributed by atoms with Gasteiger partial charge in [-0.1, -0.05) is 6.92 Å². The molecule has 1 aromatic rings. The average molecular weight is 341 g/mol. The fourth-order valence-corrected chi connectivity index (χ4v) is 3.03. The molecular weight excluding hydrogens is 320 g/mol. The van der Waals surface area contributed by atoms with Gasteiger partial charge in [0.15, 0.2) is 0 Å². The van der Waals surface area contributed by atoms with Crippen molar-refractivity contribution in [1.82, 2.24) is 5.32 Å². The number of rotatable bonds is 4. The number of benzene rings is 1. The first-order chi connectivity index (χ1) is 9.61. The molecule has 1 saturated heterocycles. The molecule has 1 heterocycles. The van der Waals surface area contributed by atoms with Crippen LogP contribution in [0, 0.1) is 5.41 Å². The van der Waals surface area contributed by atoms with Gasteiger partial charge in [-0.15, -0.1) is 0 Å². The molecule has 1 fully saturated rings. The Bertz CT molecular complexity index is 485. The van der Waals surface area contributed by atoms with E-state index in [0.717, 1.165) is 48.3 Å². The van der Waals surface area contributed by atoms with Crippen LogP contribution in [0.15, 0.2) is 22.7 Å². The largest absolute Gasteiger partial charge is 0.495 e. The maximum atomic E-state index is 12.6. The lowest BCUT2D eigenvalue weighted by Gasteiger charge is -2.35. The highest BCUT2D eigenvalue weighted by molar-refractivity contribution is 9.10. The van der Waals surface area contributed by atoms with E-state index in [4.69, 9.17) is 4.74 Å². The lowest BCUT2D eigenvalue weighted by atomic mass is 9.77. The second-order valence-electron chi connectivity index (χ2n) is 5.22. The number of carbonyl (C=O) groups is 1. The van der Waals surface area contributed by atoms with Gasteiger partial charge in [0, 0.05) is 18.3 Å². The summed E-state index contributed by atoms with van der Waals surface area (Å²) in [6.45, 7) is 3.83. The van der Waals surface area contributed by atoms with Crippen LogP contribution < -0.4 is 15.4 Å². The summed E-state index contributed by atoms with van der Waals surface area (Å²) in [5.74, 6) is 0.812. The van der Waals surface area contributed by atoms with Gasteiger partial charge in [0.25, 0.3) is 0 Å². The molecule has 0 aromatic heterocycles. The number of hydrogen-bond donors (Lipinski definition) is 2. The molecule has 20 heavy (non-hydrogen) atoms. The highest BCUT2D eigenvalue weighted by atomic mass is 79.9. The smallest absolute Gasteiger partial charge is 0.231 e. The monoisotopic (exact) mass is 340 g/mol. The lowest BCUT2D eigenvalue weighted by molar-refractivity contribution is -0.126. The number of methoxy groups -OCH3 is 1. The van der Waals surface area contributed by atoms with E-state index in [2.05, 4.69) is 33.5 Å². The average Bonchev–Trinajstić information content (AvgIpc) is 2.49. The Hall–Kier alpha value is -1.07. The van der Waals surface area contributed by atoms with Gasteiger partial charge in [-0.25, -0.2) is 0 Å². The Morgan fingerprint density at radius 2 is 2.35 bits per heavy atom. The Balaban J connectivity index is 2.14. The van der Waals surface area contributed by atoms with Crippen molar-refractivity contribution < 1.29 is 9.53 Å². The van der Waals surface area contributed by atoms with Crippen LogP contribution in [0.3, 0.4) is 0 Å². The van der Waals surface area contributed by atoms with Crippen LogP contribution in [0.4, 0.5) is 5.69 Å². The summed E-state index contributed by atoms with van der Waals surface area (Å²) in [5.41, 5.74) is 0.479. The molecule has 1 amide bonds. The van der Waals surface area contributed by atoms with Crippen LogP contribution >= 0.6 is 15.9 Å². The van der Waals surface area contributed by atoms with Crippen LogP contribution in [0.1, 0.15) is 26.2 Å². The Morgan fingerprint density at radius 1 is 1.55 bits per heavy atom. The Kier molecular flexibility index (Phi) is 5.05. The Labute approximate surface area is 128 Å². The minimum Gasteiger partial charge on any atom is -0.495 e. The summed E-state index contributed by atoms with van der Waals surface area (Å²) in [6.07, 6.45) is 2.83. The zero-order valence-electron chi connectivity index (χ0n) is 12.0. The second-order valence-corrected chi connectivity index (χ2v) is 6.07. The minimum absolute atomic E-state index is 0.0941. The molecule has 1 aliphatic rings. The van der Waals surface area contributed by atoms with Crippen LogP contribution in [0.25, 0.3) is 0 Å². The fourth-order valence-electron chi connectivity index (χ4n) is 2.63. The van der Waals surface area contributed by atoms with Crippen molar-refractivity contribution >= 4 is 27.5 Å². The van der Waals surface area contributed by atoms with Crippen molar-refractivity contribution in [3.8, 4) is 5.75 Å². The number of carbonyl (C=O) groups excluding carboxylic acids is 1. The molecule has 4 nitrogen and oxygen atoms in total. The number of halogens is 1. The molecule has 2 rings (SSSR count). The molecule has 1 aliphatic heterocycles. The van der Waals surface area contributed by atoms with Crippen molar-refractivity contribution in [1.29, 1.82) is 0 Å². The second kappa shape index (κ2) is 6.59. The van der Waals surface area contributed by atoms with Crippen LogP contribution in [0.5, 0.6) is 5.75 Å². The van der Waals surface area contributed by atoms with Gasteiger partial charge in [-0.05, 0) is 53.9 Å².